The molecule has 7 heteroatoms. The van der Waals surface area contributed by atoms with Gasteiger partial charge in [0.25, 0.3) is 5.91 Å². The van der Waals surface area contributed by atoms with Crippen LogP contribution in [0.25, 0.3) is 11.3 Å². The Hall–Kier alpha value is -1.56. The Kier molecular flexibility index (Phi) is 6.62. The summed E-state index contributed by atoms with van der Waals surface area (Å²) >= 11 is 5.85. The Morgan fingerprint density at radius 3 is 2.52 bits per heavy atom. The summed E-state index contributed by atoms with van der Waals surface area (Å²) in [6, 6.07) is 8.79. The quantitative estimate of drug-likeness (QED) is 0.888. The molecule has 0 aliphatic heterocycles. The Morgan fingerprint density at radius 1 is 1.35 bits per heavy atom. The lowest BCUT2D eigenvalue weighted by Gasteiger charge is -2.28. The summed E-state index contributed by atoms with van der Waals surface area (Å²) in [6.07, 6.45) is 0. The second-order valence-electron chi connectivity index (χ2n) is 6.11. The van der Waals surface area contributed by atoms with Gasteiger partial charge in [0.15, 0.2) is 11.5 Å². The maximum atomic E-state index is 12.4. The maximum absolute atomic E-state index is 12.4. The number of rotatable bonds is 5. The van der Waals surface area contributed by atoms with Crippen LogP contribution in [-0.2, 0) is 0 Å². The number of carbonyl (C=O) groups is 1. The van der Waals surface area contributed by atoms with Crippen molar-refractivity contribution in [2.24, 2.45) is 11.1 Å². The third kappa shape index (κ3) is 4.96. The summed E-state index contributed by atoms with van der Waals surface area (Å²) in [6.45, 7) is 5.07. The van der Waals surface area contributed by atoms with Crippen molar-refractivity contribution in [3.63, 3.8) is 0 Å². The minimum Gasteiger partial charge on any atom is -0.355 e. The Bertz CT molecular complexity index is 654. The molecule has 1 heterocycles. The fourth-order valence-corrected chi connectivity index (χ4v) is 2.23. The van der Waals surface area contributed by atoms with E-state index in [0.717, 1.165) is 5.56 Å². The first-order chi connectivity index (χ1) is 10.3. The van der Waals surface area contributed by atoms with Crippen molar-refractivity contribution in [1.29, 1.82) is 0 Å². The van der Waals surface area contributed by atoms with Crippen LogP contribution >= 0.6 is 24.0 Å². The van der Waals surface area contributed by atoms with Gasteiger partial charge < -0.3 is 15.2 Å². The summed E-state index contributed by atoms with van der Waals surface area (Å²) in [5.41, 5.74) is 6.66. The van der Waals surface area contributed by atoms with Gasteiger partial charge in [-0.3, -0.25) is 4.79 Å². The van der Waals surface area contributed by atoms with Crippen LogP contribution in [0.15, 0.2) is 34.9 Å². The van der Waals surface area contributed by atoms with Crippen molar-refractivity contribution >= 4 is 29.9 Å². The van der Waals surface area contributed by atoms with Crippen LogP contribution in [0.4, 0.5) is 0 Å². The summed E-state index contributed by atoms with van der Waals surface area (Å²) in [4.78, 5) is 14.0. The molecule has 23 heavy (non-hydrogen) atoms. The second-order valence-corrected chi connectivity index (χ2v) is 6.55. The van der Waals surface area contributed by atoms with Crippen LogP contribution in [-0.4, -0.2) is 36.1 Å². The van der Waals surface area contributed by atoms with E-state index in [1.165, 1.54) is 0 Å². The topological polar surface area (TPSA) is 72.4 Å². The highest BCUT2D eigenvalue weighted by Gasteiger charge is 2.24. The number of halogens is 2. The number of benzene rings is 1. The predicted molar refractivity (Wildman–Crippen MR) is 94.0 cm³/mol. The zero-order valence-corrected chi connectivity index (χ0v) is 14.9. The lowest BCUT2D eigenvalue weighted by atomic mass is 9.93. The van der Waals surface area contributed by atoms with Gasteiger partial charge in [0.1, 0.15) is 0 Å². The summed E-state index contributed by atoms with van der Waals surface area (Å²) in [5.74, 6) is 0.344. The second kappa shape index (κ2) is 7.81. The molecule has 2 aromatic rings. The van der Waals surface area contributed by atoms with Gasteiger partial charge in [-0.1, -0.05) is 30.6 Å². The molecule has 0 radical (unpaired) electrons. The molecule has 0 aliphatic rings. The van der Waals surface area contributed by atoms with Gasteiger partial charge in [0.05, 0.1) is 0 Å². The average Bonchev–Trinajstić information content (AvgIpc) is 2.96. The minimum absolute atomic E-state index is 0. The number of hydrogen-bond acceptors (Lipinski definition) is 4. The predicted octanol–water partition coefficient (Wildman–Crippen LogP) is 3.47. The van der Waals surface area contributed by atoms with Gasteiger partial charge >= 0.3 is 0 Å². The largest absolute Gasteiger partial charge is 0.355 e. The van der Waals surface area contributed by atoms with E-state index in [4.69, 9.17) is 21.9 Å². The Balaban J connectivity index is 0.00000264. The SMILES string of the molecule is CN(CC(C)(C)CN)C(=O)c1cc(-c2ccc(Cl)cc2)on1.Cl. The van der Waals surface area contributed by atoms with E-state index >= 15 is 0 Å². The molecule has 1 amide bonds. The molecule has 0 saturated heterocycles. The van der Waals surface area contributed by atoms with Crippen LogP contribution < -0.4 is 5.73 Å². The fraction of sp³-hybridized carbons (Fsp3) is 0.375. The van der Waals surface area contributed by atoms with Crippen molar-refractivity contribution in [2.45, 2.75) is 13.8 Å². The van der Waals surface area contributed by atoms with Crippen LogP contribution in [0.1, 0.15) is 24.3 Å². The molecule has 126 valence electrons. The molecule has 0 unspecified atom stereocenters. The fourth-order valence-electron chi connectivity index (χ4n) is 2.10. The number of aromatic nitrogens is 1. The number of nitrogens with two attached hydrogens (primary N) is 1. The number of carbonyl (C=O) groups excluding carboxylic acids is 1. The van der Waals surface area contributed by atoms with E-state index in [1.54, 1.807) is 30.1 Å². The van der Waals surface area contributed by atoms with E-state index in [2.05, 4.69) is 5.16 Å². The minimum atomic E-state index is -0.189. The maximum Gasteiger partial charge on any atom is 0.275 e. The number of hydrogen-bond donors (Lipinski definition) is 1. The van der Waals surface area contributed by atoms with E-state index in [1.807, 2.05) is 26.0 Å². The van der Waals surface area contributed by atoms with Crippen molar-refractivity contribution in [3.05, 3.63) is 41.0 Å². The smallest absolute Gasteiger partial charge is 0.275 e. The van der Waals surface area contributed by atoms with E-state index < -0.39 is 0 Å². The lowest BCUT2D eigenvalue weighted by molar-refractivity contribution is 0.0730. The number of nitrogens with zero attached hydrogens (tertiary/aromatic N) is 2. The summed E-state index contributed by atoms with van der Waals surface area (Å²) in [7, 11) is 1.73. The van der Waals surface area contributed by atoms with E-state index in [0.29, 0.717) is 23.9 Å². The molecule has 0 fully saturated rings. The molecule has 0 spiro atoms. The van der Waals surface area contributed by atoms with Gasteiger partial charge in [-0.05, 0) is 36.2 Å². The summed E-state index contributed by atoms with van der Waals surface area (Å²) < 4.78 is 5.25. The zero-order valence-electron chi connectivity index (χ0n) is 13.4. The van der Waals surface area contributed by atoms with Gasteiger partial charge in [0, 0.05) is 30.2 Å². The van der Waals surface area contributed by atoms with E-state index in [9.17, 15) is 4.79 Å². The molecule has 5 nitrogen and oxygen atoms in total. The summed E-state index contributed by atoms with van der Waals surface area (Å²) in [5, 5.41) is 4.50. The Morgan fingerprint density at radius 2 is 1.96 bits per heavy atom. The van der Waals surface area contributed by atoms with Crippen molar-refractivity contribution in [1.82, 2.24) is 10.1 Å². The van der Waals surface area contributed by atoms with Crippen molar-refractivity contribution < 1.29 is 9.32 Å². The molecule has 1 aromatic heterocycles. The van der Waals surface area contributed by atoms with Crippen LogP contribution in [0.2, 0.25) is 5.02 Å². The lowest BCUT2D eigenvalue weighted by Crippen LogP contribution is -2.39. The van der Waals surface area contributed by atoms with E-state index in [-0.39, 0.29) is 29.4 Å². The van der Waals surface area contributed by atoms with Gasteiger partial charge in [-0.25, -0.2) is 0 Å². The first kappa shape index (κ1) is 19.5. The van der Waals surface area contributed by atoms with Crippen LogP contribution in [0, 0.1) is 5.41 Å². The molecule has 0 atom stereocenters. The highest BCUT2D eigenvalue weighted by molar-refractivity contribution is 6.30. The van der Waals surface area contributed by atoms with Crippen molar-refractivity contribution in [2.75, 3.05) is 20.1 Å². The standard InChI is InChI=1S/C16H20ClN3O2.ClH/c1-16(2,9-18)10-20(3)15(21)13-8-14(22-19-13)11-4-6-12(17)7-5-11;/h4-8H,9-10,18H2,1-3H3;1H. The van der Waals surface area contributed by atoms with Crippen molar-refractivity contribution in [3.8, 4) is 11.3 Å². The molecular weight excluding hydrogens is 337 g/mol. The normalized spacial score (nSPS) is 11.0. The van der Waals surface area contributed by atoms with Gasteiger partial charge in [0.2, 0.25) is 0 Å². The molecule has 0 saturated carbocycles. The molecular formula is C16H21Cl2N3O2. The molecule has 1 aromatic carbocycles. The highest BCUT2D eigenvalue weighted by atomic mass is 35.5. The molecule has 2 N–H and O–H groups in total. The number of amides is 1. The third-order valence-electron chi connectivity index (χ3n) is 3.42. The first-order valence-electron chi connectivity index (χ1n) is 7.00. The molecule has 0 aliphatic carbocycles. The van der Waals surface area contributed by atoms with Gasteiger partial charge in [-0.15, -0.1) is 12.4 Å². The monoisotopic (exact) mass is 357 g/mol. The molecule has 0 bridgehead atoms. The molecule has 2 rings (SSSR count). The van der Waals surface area contributed by atoms with Gasteiger partial charge in [-0.2, -0.15) is 0 Å². The highest BCUT2D eigenvalue weighted by Crippen LogP contribution is 2.23. The van der Waals surface area contributed by atoms with Crippen LogP contribution in [0.5, 0.6) is 0 Å². The Labute approximate surface area is 147 Å². The van der Waals surface area contributed by atoms with Crippen LogP contribution in [0.3, 0.4) is 0 Å². The average molecular weight is 358 g/mol. The third-order valence-corrected chi connectivity index (χ3v) is 3.67. The zero-order chi connectivity index (χ0) is 16.3. The first-order valence-corrected chi connectivity index (χ1v) is 7.38.